The molecule has 2 N–H and O–H groups in total. The van der Waals surface area contributed by atoms with Crippen molar-refractivity contribution in [2.45, 2.75) is 38.3 Å². The summed E-state index contributed by atoms with van der Waals surface area (Å²) in [6.45, 7) is 2.45. The first-order valence-corrected chi connectivity index (χ1v) is 7.49. The Kier molecular flexibility index (Phi) is 3.92. The van der Waals surface area contributed by atoms with Gasteiger partial charge in [-0.05, 0) is 42.5 Å². The van der Waals surface area contributed by atoms with Gasteiger partial charge in [0, 0.05) is 32.1 Å². The second-order valence-electron chi connectivity index (χ2n) is 5.86. The number of carboxylic acid groups (broad SMARTS) is 1. The molecule has 2 aliphatic heterocycles. The molecule has 0 radical (unpaired) electrons. The highest BCUT2D eigenvalue weighted by Gasteiger charge is 2.27. The van der Waals surface area contributed by atoms with E-state index in [0.717, 1.165) is 44.5 Å². The average Bonchev–Trinajstić information content (AvgIpc) is 2.70. The lowest BCUT2D eigenvalue weighted by molar-refractivity contribution is -0.121. The summed E-state index contributed by atoms with van der Waals surface area (Å²) in [5, 5.41) is 12.0. The third kappa shape index (κ3) is 3.08. The number of carbonyl (C=O) groups excluding carboxylic acids is 1. The smallest absolute Gasteiger partial charge is 0.335 e. The second-order valence-corrected chi connectivity index (χ2v) is 5.86. The molecule has 2 aliphatic rings. The van der Waals surface area contributed by atoms with E-state index in [4.69, 9.17) is 5.11 Å². The highest BCUT2D eigenvalue weighted by atomic mass is 16.4. The van der Waals surface area contributed by atoms with Gasteiger partial charge in [-0.15, -0.1) is 0 Å². The van der Waals surface area contributed by atoms with Crippen molar-refractivity contribution < 1.29 is 14.7 Å². The predicted molar refractivity (Wildman–Crippen MR) is 78.2 cm³/mol. The Labute approximate surface area is 123 Å². The third-order valence-electron chi connectivity index (χ3n) is 4.47. The molecule has 1 aromatic carbocycles. The molecule has 21 heavy (non-hydrogen) atoms. The van der Waals surface area contributed by atoms with Crippen LogP contribution in [0.4, 0.5) is 0 Å². The molecule has 5 heteroatoms. The minimum absolute atomic E-state index is 0.127. The molecular formula is C16H20N2O3. The first-order chi connectivity index (χ1) is 10.1. The zero-order chi connectivity index (χ0) is 14.8. The van der Waals surface area contributed by atoms with E-state index >= 15 is 0 Å². The molecule has 0 aliphatic carbocycles. The number of amides is 1. The lowest BCUT2D eigenvalue weighted by atomic mass is 9.95. The van der Waals surface area contributed by atoms with Crippen molar-refractivity contribution in [3.8, 4) is 0 Å². The molecule has 1 aromatic rings. The van der Waals surface area contributed by atoms with Gasteiger partial charge >= 0.3 is 5.97 Å². The Hall–Kier alpha value is -1.88. The van der Waals surface area contributed by atoms with Crippen LogP contribution in [0.1, 0.15) is 40.7 Å². The Bertz CT molecular complexity index is 571. The maximum absolute atomic E-state index is 11.7. The van der Waals surface area contributed by atoms with Crippen LogP contribution in [0.25, 0.3) is 0 Å². The van der Waals surface area contributed by atoms with Crippen molar-refractivity contribution in [3.05, 3.63) is 34.9 Å². The molecule has 0 spiro atoms. The van der Waals surface area contributed by atoms with Crippen molar-refractivity contribution in [2.75, 3.05) is 13.1 Å². The lowest BCUT2D eigenvalue weighted by Gasteiger charge is -2.34. The number of fused-ring (bicyclic) bond motifs is 1. The van der Waals surface area contributed by atoms with Crippen LogP contribution in [0.15, 0.2) is 18.2 Å². The van der Waals surface area contributed by atoms with Gasteiger partial charge in [-0.25, -0.2) is 4.79 Å². The van der Waals surface area contributed by atoms with Gasteiger partial charge in [-0.1, -0.05) is 6.07 Å². The maximum atomic E-state index is 11.7. The number of carboxylic acids is 1. The number of benzene rings is 1. The van der Waals surface area contributed by atoms with Crippen LogP contribution < -0.4 is 5.32 Å². The summed E-state index contributed by atoms with van der Waals surface area (Å²) < 4.78 is 0. The van der Waals surface area contributed by atoms with E-state index < -0.39 is 5.97 Å². The Balaban J connectivity index is 1.77. The molecule has 112 valence electrons. The molecule has 1 fully saturated rings. The van der Waals surface area contributed by atoms with Gasteiger partial charge in [0.2, 0.25) is 5.91 Å². The first kappa shape index (κ1) is 14.1. The summed E-state index contributed by atoms with van der Waals surface area (Å²) in [6.07, 6.45) is 3.50. The zero-order valence-corrected chi connectivity index (χ0v) is 12.0. The third-order valence-corrected chi connectivity index (χ3v) is 4.47. The van der Waals surface area contributed by atoms with Crippen LogP contribution in [-0.2, 0) is 17.8 Å². The zero-order valence-electron chi connectivity index (χ0n) is 12.0. The number of hydrogen-bond donors (Lipinski definition) is 2. The minimum atomic E-state index is -0.885. The number of hydrogen-bond acceptors (Lipinski definition) is 3. The Morgan fingerprint density at radius 1 is 1.33 bits per heavy atom. The van der Waals surface area contributed by atoms with Crippen LogP contribution >= 0.6 is 0 Å². The molecule has 3 rings (SSSR count). The quantitative estimate of drug-likeness (QED) is 0.863. The highest BCUT2D eigenvalue weighted by Crippen LogP contribution is 2.25. The van der Waals surface area contributed by atoms with Crippen molar-refractivity contribution in [2.24, 2.45) is 0 Å². The van der Waals surface area contributed by atoms with Crippen molar-refractivity contribution in [3.63, 3.8) is 0 Å². The summed E-state index contributed by atoms with van der Waals surface area (Å²) in [4.78, 5) is 25.1. The van der Waals surface area contributed by atoms with Crippen LogP contribution in [0.2, 0.25) is 0 Å². The van der Waals surface area contributed by atoms with Gasteiger partial charge in [0.25, 0.3) is 0 Å². The van der Waals surface area contributed by atoms with Crippen molar-refractivity contribution in [1.82, 2.24) is 10.2 Å². The summed E-state index contributed by atoms with van der Waals surface area (Å²) >= 11 is 0. The molecule has 1 amide bonds. The fraction of sp³-hybridized carbons (Fsp3) is 0.500. The minimum Gasteiger partial charge on any atom is -0.478 e. The molecule has 1 saturated heterocycles. The topological polar surface area (TPSA) is 69.6 Å². The summed E-state index contributed by atoms with van der Waals surface area (Å²) in [6, 6.07) is 5.65. The molecule has 1 unspecified atom stereocenters. The van der Waals surface area contributed by atoms with E-state index in [1.165, 1.54) is 5.56 Å². The van der Waals surface area contributed by atoms with Gasteiger partial charge in [0.15, 0.2) is 0 Å². The monoisotopic (exact) mass is 288 g/mol. The largest absolute Gasteiger partial charge is 0.478 e. The second kappa shape index (κ2) is 5.85. The number of nitrogens with one attached hydrogen (secondary N) is 1. The van der Waals surface area contributed by atoms with Crippen LogP contribution in [0.5, 0.6) is 0 Å². The number of aromatic carboxylic acids is 1. The first-order valence-electron chi connectivity index (χ1n) is 7.49. The lowest BCUT2D eigenvalue weighted by Crippen LogP contribution is -2.40. The van der Waals surface area contributed by atoms with Gasteiger partial charge in [-0.2, -0.15) is 0 Å². The predicted octanol–water partition coefficient (Wildman–Crippen LogP) is 1.41. The summed E-state index contributed by atoms with van der Waals surface area (Å²) in [7, 11) is 0. The molecule has 2 heterocycles. The van der Waals surface area contributed by atoms with E-state index in [2.05, 4.69) is 10.2 Å². The SMILES string of the molecule is O=C1CC(N2CCc3ccc(C(=O)O)cc3C2)CCCN1. The van der Waals surface area contributed by atoms with E-state index in [-0.39, 0.29) is 11.9 Å². The summed E-state index contributed by atoms with van der Waals surface area (Å²) in [5.41, 5.74) is 2.66. The van der Waals surface area contributed by atoms with Crippen LogP contribution in [0.3, 0.4) is 0 Å². The number of nitrogens with zero attached hydrogens (tertiary/aromatic N) is 1. The fourth-order valence-electron chi connectivity index (χ4n) is 3.29. The van der Waals surface area contributed by atoms with E-state index in [1.807, 2.05) is 6.07 Å². The van der Waals surface area contributed by atoms with E-state index in [9.17, 15) is 9.59 Å². The molecule has 1 atom stereocenters. The van der Waals surface area contributed by atoms with Crippen LogP contribution in [0, 0.1) is 0 Å². The van der Waals surface area contributed by atoms with Gasteiger partial charge < -0.3 is 10.4 Å². The summed E-state index contributed by atoms with van der Waals surface area (Å²) in [5.74, 6) is -0.758. The maximum Gasteiger partial charge on any atom is 0.335 e. The van der Waals surface area contributed by atoms with E-state index in [1.54, 1.807) is 12.1 Å². The van der Waals surface area contributed by atoms with Gasteiger partial charge in [-0.3, -0.25) is 9.69 Å². The van der Waals surface area contributed by atoms with Gasteiger partial charge in [0.1, 0.15) is 0 Å². The molecule has 5 nitrogen and oxygen atoms in total. The normalized spacial score (nSPS) is 23.0. The molecule has 0 aromatic heterocycles. The Morgan fingerprint density at radius 3 is 3.00 bits per heavy atom. The number of rotatable bonds is 2. The Morgan fingerprint density at radius 2 is 2.19 bits per heavy atom. The standard InChI is InChI=1S/C16H20N2O3/c19-15-9-14(2-1-6-17-15)18-7-5-11-3-4-12(16(20)21)8-13(11)10-18/h3-4,8,14H,1-2,5-7,9-10H2,(H,17,19)(H,20,21). The van der Waals surface area contributed by atoms with Gasteiger partial charge in [0.05, 0.1) is 5.56 Å². The van der Waals surface area contributed by atoms with Crippen molar-refractivity contribution >= 4 is 11.9 Å². The molecular weight excluding hydrogens is 268 g/mol. The van der Waals surface area contributed by atoms with Crippen LogP contribution in [-0.4, -0.2) is 41.0 Å². The van der Waals surface area contributed by atoms with E-state index in [0.29, 0.717) is 12.0 Å². The number of carbonyl (C=O) groups is 2. The molecule has 0 bridgehead atoms. The highest BCUT2D eigenvalue weighted by molar-refractivity contribution is 5.87. The van der Waals surface area contributed by atoms with Crippen molar-refractivity contribution in [1.29, 1.82) is 0 Å². The average molecular weight is 288 g/mol. The fourth-order valence-corrected chi connectivity index (χ4v) is 3.29. The molecule has 0 saturated carbocycles.